The van der Waals surface area contributed by atoms with Crippen LogP contribution in [0.3, 0.4) is 0 Å². The van der Waals surface area contributed by atoms with Gasteiger partial charge in [-0.1, -0.05) is 12.1 Å². The minimum atomic E-state index is -0.410. The molecule has 2 aromatic rings. The average Bonchev–Trinajstić information content (AvgIpc) is 2.91. The van der Waals surface area contributed by atoms with Crippen LogP contribution < -0.4 is 19.5 Å². The minimum Gasteiger partial charge on any atom is -0.497 e. The third-order valence-electron chi connectivity index (χ3n) is 4.29. The molecule has 0 aromatic heterocycles. The molecule has 0 spiro atoms. The minimum absolute atomic E-state index is 0.197. The van der Waals surface area contributed by atoms with Crippen LogP contribution in [0, 0.1) is 0 Å². The molecule has 0 unspecified atom stereocenters. The van der Waals surface area contributed by atoms with Crippen molar-refractivity contribution in [2.45, 2.75) is 0 Å². The molecule has 27 heavy (non-hydrogen) atoms. The summed E-state index contributed by atoms with van der Waals surface area (Å²) in [6.07, 6.45) is 0. The summed E-state index contributed by atoms with van der Waals surface area (Å²) in [6.45, 7) is 0. The van der Waals surface area contributed by atoms with Crippen LogP contribution in [-0.4, -0.2) is 45.1 Å². The summed E-state index contributed by atoms with van der Waals surface area (Å²) in [7, 11) is 6.10. The standard InChI is InChI=1S/C20H20N2O5/c1-22-19(23)17(12-5-7-14(25-2)8-6-12)18(20(22)24)21-13-9-15(26-3)11-16(10-13)27-4/h5-11,21H,1-4H3. The van der Waals surface area contributed by atoms with Gasteiger partial charge in [0.2, 0.25) is 0 Å². The molecule has 0 fully saturated rings. The van der Waals surface area contributed by atoms with Crippen LogP contribution in [0.4, 0.5) is 5.69 Å². The van der Waals surface area contributed by atoms with E-state index in [1.807, 2.05) is 0 Å². The predicted molar refractivity (Wildman–Crippen MR) is 101 cm³/mol. The number of hydrogen-bond acceptors (Lipinski definition) is 6. The molecule has 2 aromatic carbocycles. The third kappa shape index (κ3) is 3.44. The Morgan fingerprint density at radius 1 is 0.778 bits per heavy atom. The van der Waals surface area contributed by atoms with Gasteiger partial charge in [0.25, 0.3) is 11.8 Å². The molecular weight excluding hydrogens is 348 g/mol. The smallest absolute Gasteiger partial charge is 0.277 e. The van der Waals surface area contributed by atoms with Crippen LogP contribution in [0.1, 0.15) is 5.56 Å². The van der Waals surface area contributed by atoms with Crippen molar-refractivity contribution in [1.29, 1.82) is 0 Å². The van der Waals surface area contributed by atoms with E-state index in [4.69, 9.17) is 14.2 Å². The van der Waals surface area contributed by atoms with Gasteiger partial charge >= 0.3 is 0 Å². The SMILES string of the molecule is COc1ccc(C2=C(Nc3cc(OC)cc(OC)c3)C(=O)N(C)C2=O)cc1. The number of rotatable bonds is 6. The monoisotopic (exact) mass is 368 g/mol. The van der Waals surface area contributed by atoms with Crippen molar-refractivity contribution in [2.24, 2.45) is 0 Å². The Morgan fingerprint density at radius 2 is 1.33 bits per heavy atom. The maximum Gasteiger partial charge on any atom is 0.277 e. The van der Waals surface area contributed by atoms with Crippen LogP contribution in [-0.2, 0) is 9.59 Å². The normalized spacial score (nSPS) is 13.9. The number of amides is 2. The molecule has 0 atom stereocenters. The van der Waals surface area contributed by atoms with Gasteiger partial charge in [-0.05, 0) is 17.7 Å². The highest BCUT2D eigenvalue weighted by molar-refractivity contribution is 6.36. The van der Waals surface area contributed by atoms with Crippen LogP contribution >= 0.6 is 0 Å². The topological polar surface area (TPSA) is 77.1 Å². The lowest BCUT2D eigenvalue weighted by Crippen LogP contribution is -2.27. The van der Waals surface area contributed by atoms with Gasteiger partial charge in [-0.3, -0.25) is 14.5 Å². The molecule has 0 aliphatic carbocycles. The van der Waals surface area contributed by atoms with Crippen LogP contribution in [0.15, 0.2) is 48.2 Å². The fraction of sp³-hybridized carbons (Fsp3) is 0.200. The van der Waals surface area contributed by atoms with E-state index < -0.39 is 5.91 Å². The molecule has 0 saturated heterocycles. The van der Waals surface area contributed by atoms with E-state index in [1.54, 1.807) is 63.8 Å². The van der Waals surface area contributed by atoms with Gasteiger partial charge in [-0.15, -0.1) is 0 Å². The molecule has 7 nitrogen and oxygen atoms in total. The Morgan fingerprint density at radius 3 is 1.85 bits per heavy atom. The van der Waals surface area contributed by atoms with E-state index in [0.717, 1.165) is 4.90 Å². The first kappa shape index (κ1) is 18.3. The van der Waals surface area contributed by atoms with E-state index in [-0.39, 0.29) is 11.6 Å². The summed E-state index contributed by atoms with van der Waals surface area (Å²) >= 11 is 0. The number of carbonyl (C=O) groups is 2. The number of benzene rings is 2. The van der Waals surface area contributed by atoms with E-state index in [0.29, 0.717) is 34.1 Å². The van der Waals surface area contributed by atoms with Gasteiger partial charge in [0.1, 0.15) is 22.9 Å². The fourth-order valence-corrected chi connectivity index (χ4v) is 2.81. The number of nitrogens with zero attached hydrogens (tertiary/aromatic N) is 1. The predicted octanol–water partition coefficient (Wildman–Crippen LogP) is 2.53. The number of hydrogen-bond donors (Lipinski definition) is 1. The van der Waals surface area contributed by atoms with Crippen molar-refractivity contribution in [3.63, 3.8) is 0 Å². The quantitative estimate of drug-likeness (QED) is 0.790. The molecule has 140 valence electrons. The Bertz CT molecular complexity index is 896. The second-order valence-corrected chi connectivity index (χ2v) is 5.87. The number of anilines is 1. The lowest BCUT2D eigenvalue weighted by molar-refractivity contribution is -0.135. The molecule has 7 heteroatoms. The zero-order valence-corrected chi connectivity index (χ0v) is 15.5. The summed E-state index contributed by atoms with van der Waals surface area (Å²) in [5, 5.41) is 3.05. The van der Waals surface area contributed by atoms with Crippen molar-refractivity contribution < 1.29 is 23.8 Å². The molecule has 1 heterocycles. The van der Waals surface area contributed by atoms with Gasteiger partial charge in [-0.2, -0.15) is 0 Å². The van der Waals surface area contributed by atoms with Crippen LogP contribution in [0.25, 0.3) is 5.57 Å². The van der Waals surface area contributed by atoms with Gasteiger partial charge in [0.15, 0.2) is 0 Å². The molecule has 2 amide bonds. The maximum atomic E-state index is 12.6. The molecule has 1 aliphatic rings. The average molecular weight is 368 g/mol. The molecule has 3 rings (SSSR count). The second-order valence-electron chi connectivity index (χ2n) is 5.87. The highest BCUT2D eigenvalue weighted by Crippen LogP contribution is 2.33. The van der Waals surface area contributed by atoms with Crippen molar-refractivity contribution in [1.82, 2.24) is 4.90 Å². The summed E-state index contributed by atoms with van der Waals surface area (Å²) in [6, 6.07) is 12.1. The van der Waals surface area contributed by atoms with E-state index in [1.165, 1.54) is 7.05 Å². The zero-order valence-electron chi connectivity index (χ0n) is 15.5. The summed E-state index contributed by atoms with van der Waals surface area (Å²) in [4.78, 5) is 26.4. The molecule has 1 N–H and O–H groups in total. The second kappa shape index (κ2) is 7.41. The Labute approximate surface area is 157 Å². The molecule has 0 bridgehead atoms. The number of carbonyl (C=O) groups excluding carboxylic acids is 2. The number of imide groups is 1. The van der Waals surface area contributed by atoms with Gasteiger partial charge < -0.3 is 19.5 Å². The zero-order chi connectivity index (χ0) is 19.6. The first-order chi connectivity index (χ1) is 13.0. The van der Waals surface area contributed by atoms with E-state index in [2.05, 4.69) is 5.32 Å². The van der Waals surface area contributed by atoms with E-state index in [9.17, 15) is 9.59 Å². The summed E-state index contributed by atoms with van der Waals surface area (Å²) < 4.78 is 15.7. The molecular formula is C20H20N2O5. The highest BCUT2D eigenvalue weighted by atomic mass is 16.5. The van der Waals surface area contributed by atoms with Crippen LogP contribution in [0.2, 0.25) is 0 Å². The molecule has 0 radical (unpaired) electrons. The molecule has 1 aliphatic heterocycles. The van der Waals surface area contributed by atoms with Crippen LogP contribution in [0.5, 0.6) is 17.2 Å². The number of nitrogens with one attached hydrogen (secondary N) is 1. The Kier molecular flexibility index (Phi) is 5.03. The first-order valence-corrected chi connectivity index (χ1v) is 8.19. The van der Waals surface area contributed by atoms with Gasteiger partial charge in [0, 0.05) is 30.9 Å². The molecule has 0 saturated carbocycles. The fourth-order valence-electron chi connectivity index (χ4n) is 2.81. The lowest BCUT2D eigenvalue weighted by atomic mass is 10.0. The van der Waals surface area contributed by atoms with Crippen molar-refractivity contribution >= 4 is 23.1 Å². The van der Waals surface area contributed by atoms with Gasteiger partial charge in [0.05, 0.1) is 26.9 Å². The summed E-state index contributed by atoms with van der Waals surface area (Å²) in [5.74, 6) is 1.01. The largest absolute Gasteiger partial charge is 0.497 e. The Hall–Kier alpha value is -3.48. The van der Waals surface area contributed by atoms with Gasteiger partial charge in [-0.25, -0.2) is 0 Å². The number of ether oxygens (including phenoxy) is 3. The summed E-state index contributed by atoms with van der Waals surface area (Å²) in [5.41, 5.74) is 1.69. The van der Waals surface area contributed by atoms with Crippen molar-refractivity contribution in [3.8, 4) is 17.2 Å². The highest BCUT2D eigenvalue weighted by Gasteiger charge is 2.36. The third-order valence-corrected chi connectivity index (χ3v) is 4.29. The number of likely N-dealkylation sites (N-methyl/N-ethyl adjacent to an activating group) is 1. The van der Waals surface area contributed by atoms with Crippen molar-refractivity contribution in [2.75, 3.05) is 33.7 Å². The van der Waals surface area contributed by atoms with Crippen molar-refractivity contribution in [3.05, 3.63) is 53.7 Å². The first-order valence-electron chi connectivity index (χ1n) is 8.19. The van der Waals surface area contributed by atoms with E-state index >= 15 is 0 Å². The Balaban J connectivity index is 2.06. The maximum absolute atomic E-state index is 12.6. The number of methoxy groups -OCH3 is 3. The lowest BCUT2D eigenvalue weighted by Gasteiger charge is -2.12.